The molecule has 4 rings (SSSR count). The maximum absolute atomic E-state index is 12.6. The van der Waals surface area contributed by atoms with E-state index < -0.39 is 24.0 Å². The van der Waals surface area contributed by atoms with Crippen LogP contribution in [0.3, 0.4) is 0 Å². The Hall–Kier alpha value is -3.67. The van der Waals surface area contributed by atoms with Gasteiger partial charge in [0, 0.05) is 18.3 Å². The van der Waals surface area contributed by atoms with Crippen molar-refractivity contribution in [1.29, 1.82) is 0 Å². The number of nitrogens with one attached hydrogen (secondary N) is 2. The third kappa shape index (κ3) is 5.06. The van der Waals surface area contributed by atoms with Crippen molar-refractivity contribution in [2.24, 2.45) is 0 Å². The predicted molar refractivity (Wildman–Crippen MR) is 115 cm³/mol. The van der Waals surface area contributed by atoms with Crippen LogP contribution in [-0.4, -0.2) is 48.6 Å². The number of thiazole rings is 1. The fraction of sp³-hybridized carbons (Fsp3) is 0.381. The molecule has 12 heteroatoms. The Morgan fingerprint density at radius 1 is 1.33 bits per heavy atom. The molecule has 1 unspecified atom stereocenters. The van der Waals surface area contributed by atoms with E-state index in [2.05, 4.69) is 15.6 Å². The lowest BCUT2D eigenvalue weighted by atomic mass is 10.0. The highest BCUT2D eigenvalue weighted by Crippen LogP contribution is 2.29. The summed E-state index contributed by atoms with van der Waals surface area (Å²) >= 11 is 1.29. The summed E-state index contributed by atoms with van der Waals surface area (Å²) in [6.07, 6.45) is 2.58. The van der Waals surface area contributed by atoms with Crippen molar-refractivity contribution in [1.82, 2.24) is 15.6 Å². The summed E-state index contributed by atoms with van der Waals surface area (Å²) in [6, 6.07) is 1.78. The number of hydrogen-bond acceptors (Lipinski definition) is 9. The molecule has 2 N–H and O–H groups in total. The maximum atomic E-state index is 12.6. The molecule has 2 aromatic rings. The van der Waals surface area contributed by atoms with E-state index in [1.807, 2.05) is 0 Å². The van der Waals surface area contributed by atoms with E-state index >= 15 is 0 Å². The van der Waals surface area contributed by atoms with E-state index in [-0.39, 0.29) is 36.8 Å². The minimum absolute atomic E-state index is 0.0182. The minimum atomic E-state index is -0.888. The number of nitrogens with zero attached hydrogens (tertiary/aromatic N) is 2. The number of rotatable bonds is 8. The van der Waals surface area contributed by atoms with Gasteiger partial charge < -0.3 is 24.5 Å². The van der Waals surface area contributed by atoms with Crippen LogP contribution in [0.1, 0.15) is 37.3 Å². The number of aromatic nitrogens is 1. The van der Waals surface area contributed by atoms with Gasteiger partial charge >= 0.3 is 18.0 Å². The first-order chi connectivity index (χ1) is 16.0. The van der Waals surface area contributed by atoms with Gasteiger partial charge in [0.1, 0.15) is 18.4 Å². The van der Waals surface area contributed by atoms with Crippen LogP contribution in [-0.2, 0) is 30.3 Å². The molecule has 0 radical (unpaired) electrons. The highest BCUT2D eigenvalue weighted by Gasteiger charge is 2.35. The number of carbonyl (C=O) groups is 4. The van der Waals surface area contributed by atoms with Crippen molar-refractivity contribution in [2.75, 3.05) is 24.7 Å². The number of esters is 2. The van der Waals surface area contributed by atoms with Gasteiger partial charge in [-0.2, -0.15) is 0 Å². The van der Waals surface area contributed by atoms with E-state index in [9.17, 15) is 19.2 Å². The zero-order valence-corrected chi connectivity index (χ0v) is 18.6. The number of ether oxygens (including phenoxy) is 2. The van der Waals surface area contributed by atoms with E-state index in [0.717, 1.165) is 6.42 Å². The van der Waals surface area contributed by atoms with Crippen molar-refractivity contribution in [3.05, 3.63) is 46.5 Å². The third-order valence-electron chi connectivity index (χ3n) is 5.02. The second-order valence-electron chi connectivity index (χ2n) is 7.27. The van der Waals surface area contributed by atoms with Gasteiger partial charge in [-0.25, -0.2) is 14.6 Å². The molecule has 0 spiro atoms. The van der Waals surface area contributed by atoms with Crippen LogP contribution in [0, 0.1) is 0 Å². The Labute approximate surface area is 192 Å². The van der Waals surface area contributed by atoms with Gasteiger partial charge in [-0.1, -0.05) is 0 Å². The third-order valence-corrected chi connectivity index (χ3v) is 5.94. The number of amides is 3. The first-order valence-electron chi connectivity index (χ1n) is 10.4. The largest absolute Gasteiger partial charge is 0.467 e. The molecule has 3 amide bonds. The Balaban J connectivity index is 1.46. The van der Waals surface area contributed by atoms with Crippen LogP contribution in [0.5, 0.6) is 0 Å². The molecular formula is C21H22N4O7S. The lowest BCUT2D eigenvalue weighted by molar-refractivity contribution is -0.143. The predicted octanol–water partition coefficient (Wildman–Crippen LogP) is 1.82. The first-order valence-corrected chi connectivity index (χ1v) is 11.3. The zero-order chi connectivity index (χ0) is 23.4. The van der Waals surface area contributed by atoms with Gasteiger partial charge in [0.25, 0.3) is 0 Å². The van der Waals surface area contributed by atoms with Crippen molar-refractivity contribution < 1.29 is 33.1 Å². The fourth-order valence-corrected chi connectivity index (χ4v) is 4.42. The summed E-state index contributed by atoms with van der Waals surface area (Å²) < 4.78 is 15.8. The van der Waals surface area contributed by atoms with Gasteiger partial charge in [-0.15, -0.1) is 11.3 Å². The molecule has 2 aromatic heterocycles. The molecule has 1 fully saturated rings. The van der Waals surface area contributed by atoms with Crippen molar-refractivity contribution in [2.45, 2.75) is 32.2 Å². The van der Waals surface area contributed by atoms with Crippen LogP contribution < -0.4 is 15.5 Å². The standard InChI is InChI=1S/C21H22N4O7S/c1-2-30-19(28)17-13(23-20(29)24-18(17)14-5-4-8-31-14)10-32-16(27)9-12-11-33-21(22-12)25-7-3-6-15(25)26/h4-5,8,11,18H,2-3,6-7,9-10H2,1H3,(H2,23,24,29). The van der Waals surface area contributed by atoms with E-state index in [4.69, 9.17) is 13.9 Å². The molecule has 0 bridgehead atoms. The molecule has 174 valence electrons. The summed E-state index contributed by atoms with van der Waals surface area (Å²) in [6.45, 7) is 2.05. The Bertz CT molecular complexity index is 1090. The molecular weight excluding hydrogens is 452 g/mol. The minimum Gasteiger partial charge on any atom is -0.467 e. The monoisotopic (exact) mass is 474 g/mol. The molecule has 0 saturated carbocycles. The van der Waals surface area contributed by atoms with Crippen LogP contribution in [0.4, 0.5) is 9.93 Å². The number of furan rings is 1. The number of urea groups is 1. The van der Waals surface area contributed by atoms with Crippen LogP contribution in [0.15, 0.2) is 39.5 Å². The van der Waals surface area contributed by atoms with Gasteiger partial charge in [0.2, 0.25) is 5.91 Å². The summed E-state index contributed by atoms with van der Waals surface area (Å²) in [5.41, 5.74) is 0.665. The second-order valence-corrected chi connectivity index (χ2v) is 8.10. The van der Waals surface area contributed by atoms with Crippen LogP contribution >= 0.6 is 11.3 Å². The summed E-state index contributed by atoms with van der Waals surface area (Å²) in [7, 11) is 0. The molecule has 1 saturated heterocycles. The molecule has 2 aliphatic heterocycles. The van der Waals surface area contributed by atoms with E-state index in [1.54, 1.807) is 29.3 Å². The SMILES string of the molecule is CCOC(=O)C1=C(COC(=O)Cc2csc(N3CCCC3=O)n2)NC(=O)NC1c1ccco1. The molecule has 0 aromatic carbocycles. The normalized spacial score (nSPS) is 18.2. The smallest absolute Gasteiger partial charge is 0.338 e. The lowest BCUT2D eigenvalue weighted by Crippen LogP contribution is -2.47. The summed E-state index contributed by atoms with van der Waals surface area (Å²) in [5.74, 6) is -0.914. The van der Waals surface area contributed by atoms with Crippen molar-refractivity contribution in [3.63, 3.8) is 0 Å². The average Bonchev–Trinajstić information content (AvgIpc) is 3.54. The lowest BCUT2D eigenvalue weighted by Gasteiger charge is -2.27. The number of anilines is 1. The Kier molecular flexibility index (Phi) is 6.73. The van der Waals surface area contributed by atoms with Crippen LogP contribution in [0.25, 0.3) is 0 Å². The fourth-order valence-electron chi connectivity index (χ4n) is 3.55. The first kappa shape index (κ1) is 22.5. The second kappa shape index (κ2) is 9.86. The van der Waals surface area contributed by atoms with Gasteiger partial charge in [-0.05, 0) is 25.5 Å². The molecule has 2 aliphatic rings. The highest BCUT2D eigenvalue weighted by molar-refractivity contribution is 7.14. The van der Waals surface area contributed by atoms with E-state index in [1.165, 1.54) is 17.6 Å². The molecule has 33 heavy (non-hydrogen) atoms. The van der Waals surface area contributed by atoms with Gasteiger partial charge in [0.05, 0.1) is 36.3 Å². The quantitative estimate of drug-likeness (QED) is 0.552. The Morgan fingerprint density at radius 3 is 2.88 bits per heavy atom. The van der Waals surface area contributed by atoms with Gasteiger partial charge in [0.15, 0.2) is 5.13 Å². The topological polar surface area (TPSA) is 140 Å². The summed E-state index contributed by atoms with van der Waals surface area (Å²) in [5, 5.41) is 7.38. The zero-order valence-electron chi connectivity index (χ0n) is 17.8. The number of hydrogen-bond donors (Lipinski definition) is 2. The molecule has 1 atom stereocenters. The van der Waals surface area contributed by atoms with Gasteiger partial charge in [-0.3, -0.25) is 14.5 Å². The Morgan fingerprint density at radius 2 is 2.18 bits per heavy atom. The highest BCUT2D eigenvalue weighted by atomic mass is 32.1. The maximum Gasteiger partial charge on any atom is 0.338 e. The van der Waals surface area contributed by atoms with Crippen LogP contribution in [0.2, 0.25) is 0 Å². The number of carbonyl (C=O) groups excluding carboxylic acids is 4. The molecule has 11 nitrogen and oxygen atoms in total. The van der Waals surface area contributed by atoms with Crippen molar-refractivity contribution >= 4 is 40.3 Å². The summed E-state index contributed by atoms with van der Waals surface area (Å²) in [4.78, 5) is 55.0. The average molecular weight is 474 g/mol. The molecule has 4 heterocycles. The van der Waals surface area contributed by atoms with Crippen molar-refractivity contribution in [3.8, 4) is 0 Å². The molecule has 0 aliphatic carbocycles. The van der Waals surface area contributed by atoms with E-state index in [0.29, 0.717) is 29.6 Å².